The van der Waals surface area contributed by atoms with Gasteiger partial charge < -0.3 is 10.2 Å². The molecule has 1 atom stereocenters. The molecule has 1 heterocycles. The van der Waals surface area contributed by atoms with Crippen LogP contribution in [0.3, 0.4) is 0 Å². The topological polar surface area (TPSA) is 49.4 Å². The van der Waals surface area contributed by atoms with E-state index >= 15 is 0 Å². The number of hydrogen-bond acceptors (Lipinski definition) is 3. The highest BCUT2D eigenvalue weighted by Gasteiger charge is 2.34. The lowest BCUT2D eigenvalue weighted by atomic mass is 10.1. The summed E-state index contributed by atoms with van der Waals surface area (Å²) in [5, 5.41) is 2.96. The van der Waals surface area contributed by atoms with Crippen molar-refractivity contribution in [1.29, 1.82) is 0 Å². The fraction of sp³-hybridized carbons (Fsp3) is 0.529. The summed E-state index contributed by atoms with van der Waals surface area (Å²) in [6, 6.07) is 7.15. The molecular formula is C17H24N2O2S. The minimum Gasteiger partial charge on any atom is -0.354 e. The van der Waals surface area contributed by atoms with E-state index in [1.54, 1.807) is 16.7 Å². The standard InChI is InChI=1S/C17H24N2O2S/c1-12(2)8-9-18-16(20)15-10-22-11-19(15)17(21)14-6-4-13(3)5-7-14/h4-7,12,15H,8-11H2,1-3H3,(H,18,20). The molecule has 0 spiro atoms. The molecule has 2 rings (SSSR count). The van der Waals surface area contributed by atoms with Gasteiger partial charge in [-0.1, -0.05) is 31.5 Å². The first-order valence-electron chi connectivity index (χ1n) is 7.72. The lowest BCUT2D eigenvalue weighted by Gasteiger charge is -2.23. The third kappa shape index (κ3) is 4.26. The molecular weight excluding hydrogens is 296 g/mol. The van der Waals surface area contributed by atoms with Gasteiger partial charge in [-0.2, -0.15) is 0 Å². The Hall–Kier alpha value is -1.49. The fourth-order valence-corrected chi connectivity index (χ4v) is 3.48. The van der Waals surface area contributed by atoms with E-state index in [1.807, 2.05) is 31.2 Å². The predicted octanol–water partition coefficient (Wildman–Crippen LogP) is 2.67. The van der Waals surface area contributed by atoms with Crippen LogP contribution in [0.25, 0.3) is 0 Å². The van der Waals surface area contributed by atoms with Crippen molar-refractivity contribution in [1.82, 2.24) is 10.2 Å². The Morgan fingerprint density at radius 2 is 2.00 bits per heavy atom. The Labute approximate surface area is 136 Å². The predicted molar refractivity (Wildman–Crippen MR) is 90.9 cm³/mol. The SMILES string of the molecule is Cc1ccc(C(=O)N2CSCC2C(=O)NCCC(C)C)cc1. The smallest absolute Gasteiger partial charge is 0.255 e. The van der Waals surface area contributed by atoms with E-state index in [1.165, 1.54) is 0 Å². The first kappa shape index (κ1) is 16.9. The van der Waals surface area contributed by atoms with Crippen LogP contribution in [-0.2, 0) is 4.79 Å². The van der Waals surface area contributed by atoms with Crippen molar-refractivity contribution in [3.05, 3.63) is 35.4 Å². The maximum atomic E-state index is 12.6. The number of nitrogens with one attached hydrogen (secondary N) is 1. The summed E-state index contributed by atoms with van der Waals surface area (Å²) in [6.07, 6.45) is 0.956. The molecule has 22 heavy (non-hydrogen) atoms. The molecule has 0 bridgehead atoms. The van der Waals surface area contributed by atoms with Crippen molar-refractivity contribution in [2.75, 3.05) is 18.2 Å². The number of benzene rings is 1. The van der Waals surface area contributed by atoms with Gasteiger partial charge in [0, 0.05) is 17.9 Å². The molecule has 1 N–H and O–H groups in total. The van der Waals surface area contributed by atoms with Gasteiger partial charge in [-0.15, -0.1) is 11.8 Å². The van der Waals surface area contributed by atoms with Crippen molar-refractivity contribution in [2.24, 2.45) is 5.92 Å². The molecule has 1 aliphatic rings. The molecule has 1 saturated heterocycles. The molecule has 0 saturated carbocycles. The van der Waals surface area contributed by atoms with Crippen molar-refractivity contribution in [2.45, 2.75) is 33.2 Å². The lowest BCUT2D eigenvalue weighted by molar-refractivity contribution is -0.124. The Morgan fingerprint density at radius 3 is 2.64 bits per heavy atom. The summed E-state index contributed by atoms with van der Waals surface area (Å²) in [4.78, 5) is 26.6. The summed E-state index contributed by atoms with van der Waals surface area (Å²) < 4.78 is 0. The van der Waals surface area contributed by atoms with Gasteiger partial charge >= 0.3 is 0 Å². The molecule has 0 aliphatic carbocycles. The van der Waals surface area contributed by atoms with Gasteiger partial charge in [-0.25, -0.2) is 0 Å². The summed E-state index contributed by atoms with van der Waals surface area (Å²) in [5.74, 6) is 1.71. The molecule has 0 aromatic heterocycles. The Balaban J connectivity index is 1.99. The molecule has 4 nitrogen and oxygen atoms in total. The number of nitrogens with zero attached hydrogens (tertiary/aromatic N) is 1. The van der Waals surface area contributed by atoms with Gasteiger partial charge in [0.05, 0.1) is 5.88 Å². The Morgan fingerprint density at radius 1 is 1.32 bits per heavy atom. The number of carbonyl (C=O) groups is 2. The largest absolute Gasteiger partial charge is 0.354 e. The van der Waals surface area contributed by atoms with Crippen LogP contribution in [0.15, 0.2) is 24.3 Å². The van der Waals surface area contributed by atoms with Gasteiger partial charge in [0.2, 0.25) is 5.91 Å². The molecule has 1 unspecified atom stereocenters. The zero-order valence-corrected chi connectivity index (χ0v) is 14.3. The monoisotopic (exact) mass is 320 g/mol. The number of carbonyl (C=O) groups excluding carboxylic acids is 2. The van der Waals surface area contributed by atoms with Crippen molar-refractivity contribution < 1.29 is 9.59 Å². The maximum absolute atomic E-state index is 12.6. The fourth-order valence-electron chi connectivity index (χ4n) is 2.32. The van der Waals surface area contributed by atoms with Crippen LogP contribution in [0, 0.1) is 12.8 Å². The van der Waals surface area contributed by atoms with Crippen LogP contribution in [0.5, 0.6) is 0 Å². The van der Waals surface area contributed by atoms with Gasteiger partial charge in [0.15, 0.2) is 0 Å². The van der Waals surface area contributed by atoms with Crippen LogP contribution in [0.1, 0.15) is 36.2 Å². The van der Waals surface area contributed by atoms with Gasteiger partial charge in [-0.3, -0.25) is 9.59 Å². The van der Waals surface area contributed by atoms with Crippen LogP contribution in [-0.4, -0.2) is 40.9 Å². The quantitative estimate of drug-likeness (QED) is 0.907. The molecule has 2 amide bonds. The molecule has 5 heteroatoms. The summed E-state index contributed by atoms with van der Waals surface area (Å²) in [7, 11) is 0. The van der Waals surface area contributed by atoms with Crippen LogP contribution >= 0.6 is 11.8 Å². The van der Waals surface area contributed by atoms with E-state index in [-0.39, 0.29) is 17.9 Å². The second-order valence-corrected chi connectivity index (χ2v) is 7.13. The molecule has 1 aliphatic heterocycles. The van der Waals surface area contributed by atoms with E-state index in [9.17, 15) is 9.59 Å². The number of hydrogen-bond donors (Lipinski definition) is 1. The number of aryl methyl sites for hydroxylation is 1. The lowest BCUT2D eigenvalue weighted by Crippen LogP contribution is -2.47. The van der Waals surface area contributed by atoms with Crippen LogP contribution in [0.4, 0.5) is 0 Å². The van der Waals surface area contributed by atoms with Gasteiger partial charge in [-0.05, 0) is 31.4 Å². The second-order valence-electron chi connectivity index (χ2n) is 6.13. The average molecular weight is 320 g/mol. The summed E-state index contributed by atoms with van der Waals surface area (Å²) >= 11 is 1.63. The van der Waals surface area contributed by atoms with Crippen LogP contribution in [0.2, 0.25) is 0 Å². The number of thioether (sulfide) groups is 1. The summed E-state index contributed by atoms with van der Waals surface area (Å²) in [5.41, 5.74) is 1.77. The Kier molecular flexibility index (Phi) is 5.89. The molecule has 1 aromatic carbocycles. The highest BCUT2D eigenvalue weighted by Crippen LogP contribution is 2.23. The Bertz CT molecular complexity index is 528. The first-order chi connectivity index (χ1) is 10.5. The average Bonchev–Trinajstić information content (AvgIpc) is 2.96. The van der Waals surface area contributed by atoms with Crippen molar-refractivity contribution in [3.8, 4) is 0 Å². The van der Waals surface area contributed by atoms with Gasteiger partial charge in [0.1, 0.15) is 6.04 Å². The van der Waals surface area contributed by atoms with E-state index in [2.05, 4.69) is 19.2 Å². The molecule has 120 valence electrons. The zero-order valence-electron chi connectivity index (χ0n) is 13.5. The minimum absolute atomic E-state index is 0.0360. The maximum Gasteiger partial charge on any atom is 0.255 e. The number of rotatable bonds is 5. The highest BCUT2D eigenvalue weighted by atomic mass is 32.2. The van der Waals surface area contributed by atoms with E-state index in [0.29, 0.717) is 29.7 Å². The van der Waals surface area contributed by atoms with Gasteiger partial charge in [0.25, 0.3) is 5.91 Å². The third-order valence-electron chi connectivity index (χ3n) is 3.77. The third-order valence-corrected chi connectivity index (χ3v) is 4.78. The first-order valence-corrected chi connectivity index (χ1v) is 8.87. The molecule has 0 radical (unpaired) electrons. The minimum atomic E-state index is -0.356. The van der Waals surface area contributed by atoms with Crippen molar-refractivity contribution in [3.63, 3.8) is 0 Å². The second kappa shape index (κ2) is 7.68. The summed E-state index contributed by atoms with van der Waals surface area (Å²) in [6.45, 7) is 6.92. The van der Waals surface area contributed by atoms with Crippen LogP contribution < -0.4 is 5.32 Å². The van der Waals surface area contributed by atoms with E-state index in [0.717, 1.165) is 12.0 Å². The molecule has 1 aromatic rings. The highest BCUT2D eigenvalue weighted by molar-refractivity contribution is 7.99. The van der Waals surface area contributed by atoms with E-state index < -0.39 is 0 Å². The zero-order chi connectivity index (χ0) is 16.1. The van der Waals surface area contributed by atoms with Crippen molar-refractivity contribution >= 4 is 23.6 Å². The van der Waals surface area contributed by atoms with E-state index in [4.69, 9.17) is 0 Å². The molecule has 1 fully saturated rings. The number of amides is 2. The normalized spacial score (nSPS) is 17.8.